The Morgan fingerprint density at radius 3 is 1.34 bits per heavy atom. The summed E-state index contributed by atoms with van der Waals surface area (Å²) in [7, 11) is 0. The van der Waals surface area contributed by atoms with Crippen LogP contribution in [0.2, 0.25) is 0 Å². The maximum atomic E-state index is 11.5. The van der Waals surface area contributed by atoms with E-state index < -0.39 is 0 Å². The Morgan fingerprint density at radius 1 is 0.638 bits per heavy atom. The van der Waals surface area contributed by atoms with Crippen LogP contribution < -0.4 is 0 Å². The summed E-state index contributed by atoms with van der Waals surface area (Å²) < 4.78 is 11.1. The van der Waals surface area contributed by atoms with Crippen molar-refractivity contribution in [3.8, 4) is 0 Å². The van der Waals surface area contributed by atoms with Gasteiger partial charge in [-0.25, -0.2) is 0 Å². The van der Waals surface area contributed by atoms with Crippen molar-refractivity contribution in [2.45, 2.75) is 170 Å². The van der Waals surface area contributed by atoms with Gasteiger partial charge in [0.15, 0.2) is 0 Å². The Bertz CT molecular complexity index is 742. The molecule has 0 N–H and O–H groups in total. The fourth-order valence-electron chi connectivity index (χ4n) is 6.65. The number of rotatable bonds is 18. The fourth-order valence-corrected chi connectivity index (χ4v) is 6.65. The number of amides is 1. The molecule has 0 bridgehead atoms. The van der Waals surface area contributed by atoms with Gasteiger partial charge >= 0.3 is 0 Å². The second-order valence-electron chi connectivity index (χ2n) is 16.5. The Hall–Kier alpha value is -0.940. The second-order valence-corrected chi connectivity index (χ2v) is 16.5. The maximum Gasteiger partial charge on any atom is 0.225 e. The van der Waals surface area contributed by atoms with E-state index in [4.69, 9.17) is 9.47 Å². The molecule has 1 aliphatic carbocycles. The van der Waals surface area contributed by atoms with E-state index in [9.17, 15) is 9.59 Å². The SMILES string of the molecule is CCC(=O)C(CC(C)C)C(C)C.CCN(C(=O)C(C)C)C(C)C.CCOC(CC(C)C)C(C)C.CCOCC1C(C(C)C)C1C(C)C. The van der Waals surface area contributed by atoms with Crippen molar-refractivity contribution in [3.05, 3.63) is 0 Å². The third kappa shape index (κ3) is 23.2. The van der Waals surface area contributed by atoms with Gasteiger partial charge < -0.3 is 14.4 Å². The van der Waals surface area contributed by atoms with Gasteiger partial charge in [-0.2, -0.15) is 0 Å². The number of ketones is 1. The molecule has 1 saturated carbocycles. The van der Waals surface area contributed by atoms with E-state index in [-0.39, 0.29) is 17.7 Å². The van der Waals surface area contributed by atoms with Gasteiger partial charge in [0.2, 0.25) is 5.91 Å². The number of carbonyl (C=O) groups is 2. The molecule has 284 valence electrons. The largest absolute Gasteiger partial charge is 0.381 e. The van der Waals surface area contributed by atoms with Crippen LogP contribution in [0.15, 0.2) is 0 Å². The molecule has 0 aliphatic heterocycles. The Morgan fingerprint density at radius 2 is 1.11 bits per heavy atom. The summed E-state index contributed by atoms with van der Waals surface area (Å²) in [5.74, 6) is 7.97. The predicted molar refractivity (Wildman–Crippen MR) is 207 cm³/mol. The van der Waals surface area contributed by atoms with Crippen LogP contribution in [-0.4, -0.2) is 55.1 Å². The summed E-state index contributed by atoms with van der Waals surface area (Å²) in [6, 6.07) is 0.329. The average Bonchev–Trinajstić information content (AvgIpc) is 3.70. The van der Waals surface area contributed by atoms with E-state index in [1.165, 1.54) is 6.42 Å². The summed E-state index contributed by atoms with van der Waals surface area (Å²) in [4.78, 5) is 24.8. The Kier molecular flexibility index (Phi) is 29.9. The molecule has 0 aromatic rings. The highest BCUT2D eigenvalue weighted by Crippen LogP contribution is 2.54. The molecule has 1 fully saturated rings. The zero-order chi connectivity index (χ0) is 37.6. The van der Waals surface area contributed by atoms with Gasteiger partial charge in [0.05, 0.1) is 6.10 Å². The Balaban J connectivity index is -0.000000551. The summed E-state index contributed by atoms with van der Waals surface area (Å²) in [5.41, 5.74) is 0. The molecule has 0 heterocycles. The minimum atomic E-state index is 0.123. The summed E-state index contributed by atoms with van der Waals surface area (Å²) >= 11 is 0. The van der Waals surface area contributed by atoms with Gasteiger partial charge in [0.25, 0.3) is 0 Å². The van der Waals surface area contributed by atoms with Crippen LogP contribution in [0.4, 0.5) is 0 Å². The number of ether oxygens (including phenoxy) is 2. The third-order valence-corrected chi connectivity index (χ3v) is 9.21. The first-order valence-corrected chi connectivity index (χ1v) is 19.7. The highest BCUT2D eigenvalue weighted by Gasteiger charge is 2.52. The molecular formula is C42H87NO4. The molecule has 4 atom stereocenters. The van der Waals surface area contributed by atoms with Crippen LogP contribution in [0.25, 0.3) is 0 Å². The topological polar surface area (TPSA) is 55.8 Å². The predicted octanol–water partition coefficient (Wildman–Crippen LogP) is 11.5. The van der Waals surface area contributed by atoms with Crippen molar-refractivity contribution in [1.82, 2.24) is 4.90 Å². The lowest BCUT2D eigenvalue weighted by molar-refractivity contribution is -0.135. The van der Waals surface area contributed by atoms with E-state index in [1.54, 1.807) is 0 Å². The number of hydrogen-bond donors (Lipinski definition) is 0. The van der Waals surface area contributed by atoms with Crippen LogP contribution >= 0.6 is 0 Å². The zero-order valence-corrected chi connectivity index (χ0v) is 35.5. The van der Waals surface area contributed by atoms with E-state index >= 15 is 0 Å². The van der Waals surface area contributed by atoms with Crippen LogP contribution in [0.5, 0.6) is 0 Å². The average molecular weight is 670 g/mol. The lowest BCUT2D eigenvalue weighted by atomic mass is 9.83. The highest BCUT2D eigenvalue weighted by molar-refractivity contribution is 5.80. The molecule has 1 amide bonds. The molecular weight excluding hydrogens is 582 g/mol. The summed E-state index contributed by atoms with van der Waals surface area (Å²) in [5, 5.41) is 0. The molecule has 1 rings (SSSR count). The minimum Gasteiger partial charge on any atom is -0.381 e. The normalized spacial score (nSPS) is 18.6. The van der Waals surface area contributed by atoms with E-state index in [2.05, 4.69) is 96.9 Å². The molecule has 0 spiro atoms. The van der Waals surface area contributed by atoms with E-state index in [1.807, 2.05) is 46.4 Å². The molecule has 47 heavy (non-hydrogen) atoms. The monoisotopic (exact) mass is 670 g/mol. The third-order valence-electron chi connectivity index (χ3n) is 9.21. The van der Waals surface area contributed by atoms with E-state index in [0.717, 1.165) is 68.3 Å². The van der Waals surface area contributed by atoms with Gasteiger partial charge in [-0.1, -0.05) is 104 Å². The molecule has 0 aromatic heterocycles. The first-order chi connectivity index (χ1) is 21.7. The number of Topliss-reactive ketones (excluding diaryl/α,β-unsaturated/α-hetero) is 1. The van der Waals surface area contributed by atoms with Crippen LogP contribution in [0.1, 0.15) is 158 Å². The van der Waals surface area contributed by atoms with Crippen molar-refractivity contribution in [3.63, 3.8) is 0 Å². The van der Waals surface area contributed by atoms with Crippen molar-refractivity contribution in [1.29, 1.82) is 0 Å². The molecule has 1 aliphatic rings. The molecule has 5 heteroatoms. The molecule has 0 aromatic carbocycles. The summed E-state index contributed by atoms with van der Waals surface area (Å²) in [6.07, 6.45) is 3.38. The van der Waals surface area contributed by atoms with Crippen molar-refractivity contribution in [2.24, 2.45) is 65.1 Å². The van der Waals surface area contributed by atoms with Crippen LogP contribution in [0.3, 0.4) is 0 Å². The molecule has 4 unspecified atom stereocenters. The van der Waals surface area contributed by atoms with Crippen molar-refractivity contribution < 1.29 is 19.1 Å². The first-order valence-electron chi connectivity index (χ1n) is 19.7. The smallest absolute Gasteiger partial charge is 0.225 e. The minimum absolute atomic E-state index is 0.123. The first kappa shape index (κ1) is 50.4. The lowest BCUT2D eigenvalue weighted by Gasteiger charge is -2.26. The standard InChI is InChI=1S/C12H24O.C11H22O.C10H22O.C9H19NO/c1-6-13-7-10-11(8(2)3)12(10)9(4)5;1-6-11(12)10(9(4)5)7-8(2)3;1-6-11-10(9(4)5)7-8(2)3;1-6-10(8(4)5)9(11)7(2)3/h8-12H,6-7H2,1-5H3;8-10H,6-7H2,1-5H3;8-10H,6-7H2,1-5H3;7-8H,6H2,1-5H3. The zero-order valence-electron chi connectivity index (χ0n) is 35.5. The fraction of sp³-hybridized carbons (Fsp3) is 0.952. The maximum absolute atomic E-state index is 11.5. The second kappa shape index (κ2) is 27.8. The van der Waals surface area contributed by atoms with Crippen LogP contribution in [0, 0.1) is 65.1 Å². The number of nitrogens with zero attached hydrogens (tertiary/aromatic N) is 1. The lowest BCUT2D eigenvalue weighted by Crippen LogP contribution is -2.39. The number of carbonyl (C=O) groups excluding carboxylic acids is 2. The molecule has 5 nitrogen and oxygen atoms in total. The molecule has 0 radical (unpaired) electrons. The van der Waals surface area contributed by atoms with Gasteiger partial charge in [-0.05, 0) is 101 Å². The Labute approximate surface area is 296 Å². The van der Waals surface area contributed by atoms with Gasteiger partial charge in [-0.15, -0.1) is 0 Å². The van der Waals surface area contributed by atoms with Gasteiger partial charge in [0.1, 0.15) is 5.78 Å². The van der Waals surface area contributed by atoms with Crippen molar-refractivity contribution >= 4 is 11.7 Å². The molecule has 0 saturated heterocycles. The highest BCUT2D eigenvalue weighted by atomic mass is 16.5. The summed E-state index contributed by atoms with van der Waals surface area (Å²) in [6.45, 7) is 46.5. The number of hydrogen-bond acceptors (Lipinski definition) is 4. The quantitative estimate of drug-likeness (QED) is 0.146. The van der Waals surface area contributed by atoms with Crippen LogP contribution in [-0.2, 0) is 19.1 Å². The van der Waals surface area contributed by atoms with Gasteiger partial charge in [-0.3, -0.25) is 9.59 Å². The van der Waals surface area contributed by atoms with E-state index in [0.29, 0.717) is 42.1 Å². The van der Waals surface area contributed by atoms with Crippen molar-refractivity contribution in [2.75, 3.05) is 26.4 Å². The van der Waals surface area contributed by atoms with Gasteiger partial charge in [0, 0.05) is 50.7 Å².